The Kier molecular flexibility index (Phi) is 4.82. The molecule has 1 aliphatic heterocycles. The summed E-state index contributed by atoms with van der Waals surface area (Å²) in [6, 6.07) is 0. The van der Waals surface area contributed by atoms with Crippen LogP contribution >= 0.6 is 0 Å². The Balaban J connectivity index is 1.86. The average molecular weight is 295 g/mol. The molecule has 1 aliphatic rings. The molecule has 1 aromatic heterocycles. The summed E-state index contributed by atoms with van der Waals surface area (Å²) in [6.45, 7) is 8.28. The minimum atomic E-state index is -0.446. The van der Waals surface area contributed by atoms with Gasteiger partial charge in [-0.1, -0.05) is 5.21 Å². The molecular formula is C14H25N5O2. The largest absolute Gasteiger partial charge is 0.444 e. The Morgan fingerprint density at radius 1 is 1.43 bits per heavy atom. The first-order chi connectivity index (χ1) is 9.89. The second-order valence-corrected chi connectivity index (χ2v) is 6.44. The van der Waals surface area contributed by atoms with Gasteiger partial charge in [-0.3, -0.25) is 4.68 Å². The number of nitrogens with two attached hydrogens (primary N) is 1. The third-order valence-electron chi connectivity index (χ3n) is 3.48. The molecule has 0 atom stereocenters. The van der Waals surface area contributed by atoms with Crippen molar-refractivity contribution < 1.29 is 9.53 Å². The van der Waals surface area contributed by atoms with E-state index in [9.17, 15) is 4.79 Å². The van der Waals surface area contributed by atoms with Crippen molar-refractivity contribution in [1.29, 1.82) is 0 Å². The van der Waals surface area contributed by atoms with Crippen LogP contribution in [0.25, 0.3) is 0 Å². The monoisotopic (exact) mass is 295 g/mol. The Labute approximate surface area is 125 Å². The van der Waals surface area contributed by atoms with E-state index >= 15 is 0 Å². The molecule has 118 valence electrons. The number of aromatic nitrogens is 3. The average Bonchev–Trinajstić information content (AvgIpc) is 2.86. The number of piperidine rings is 1. The molecular weight excluding hydrogens is 270 g/mol. The molecule has 1 amide bonds. The van der Waals surface area contributed by atoms with Gasteiger partial charge in [0.2, 0.25) is 0 Å². The quantitative estimate of drug-likeness (QED) is 0.909. The van der Waals surface area contributed by atoms with Crippen LogP contribution in [-0.4, -0.2) is 51.2 Å². The Morgan fingerprint density at radius 2 is 2.10 bits per heavy atom. The van der Waals surface area contributed by atoms with Crippen LogP contribution in [0.2, 0.25) is 0 Å². The van der Waals surface area contributed by atoms with Crippen molar-refractivity contribution in [3.63, 3.8) is 0 Å². The lowest BCUT2D eigenvalue weighted by atomic mass is 9.94. The summed E-state index contributed by atoms with van der Waals surface area (Å²) < 4.78 is 7.17. The van der Waals surface area contributed by atoms with E-state index in [1.807, 2.05) is 27.0 Å². The van der Waals surface area contributed by atoms with E-state index < -0.39 is 5.60 Å². The highest BCUT2D eigenvalue weighted by Gasteiger charge is 2.28. The maximum Gasteiger partial charge on any atom is 0.410 e. The topological polar surface area (TPSA) is 86.3 Å². The number of ether oxygens (including phenoxy) is 1. The number of carbonyl (C=O) groups is 1. The summed E-state index contributed by atoms with van der Waals surface area (Å²) in [5.41, 5.74) is 6.05. The molecule has 1 saturated heterocycles. The van der Waals surface area contributed by atoms with Gasteiger partial charge in [0.25, 0.3) is 0 Å². The van der Waals surface area contributed by atoms with E-state index in [0.29, 0.717) is 32.1 Å². The summed E-state index contributed by atoms with van der Waals surface area (Å²) in [5.74, 6) is 0.357. The van der Waals surface area contributed by atoms with Gasteiger partial charge in [-0.2, -0.15) is 0 Å². The molecule has 7 nitrogen and oxygen atoms in total. The standard InChI is InChI=1S/C14H25N5O2/c1-14(2,3)21-13(20)18-7-4-11(5-8-18)12-10-19(9-6-15)17-16-12/h10-11H,4-9,15H2,1-3H3. The minimum absolute atomic E-state index is 0.229. The molecule has 2 N–H and O–H groups in total. The molecule has 0 spiro atoms. The van der Waals surface area contributed by atoms with Crippen LogP contribution in [0.3, 0.4) is 0 Å². The molecule has 0 unspecified atom stereocenters. The van der Waals surface area contributed by atoms with Gasteiger partial charge in [-0.15, -0.1) is 5.10 Å². The Bertz CT molecular complexity index is 472. The van der Waals surface area contributed by atoms with Gasteiger partial charge in [-0.25, -0.2) is 4.79 Å². The van der Waals surface area contributed by atoms with Gasteiger partial charge in [0.05, 0.1) is 12.2 Å². The van der Waals surface area contributed by atoms with Crippen LogP contribution < -0.4 is 5.73 Å². The van der Waals surface area contributed by atoms with Crippen molar-refractivity contribution in [1.82, 2.24) is 19.9 Å². The van der Waals surface area contributed by atoms with E-state index in [-0.39, 0.29) is 6.09 Å². The zero-order chi connectivity index (χ0) is 15.5. The molecule has 2 rings (SSSR count). The first-order valence-corrected chi connectivity index (χ1v) is 7.47. The van der Waals surface area contributed by atoms with E-state index in [1.165, 1.54) is 0 Å². The Morgan fingerprint density at radius 3 is 2.67 bits per heavy atom. The summed E-state index contributed by atoms with van der Waals surface area (Å²) in [7, 11) is 0. The number of likely N-dealkylation sites (tertiary alicyclic amines) is 1. The number of rotatable bonds is 3. The first kappa shape index (κ1) is 15.8. The van der Waals surface area contributed by atoms with E-state index in [4.69, 9.17) is 10.5 Å². The van der Waals surface area contributed by atoms with Crippen molar-refractivity contribution in [3.8, 4) is 0 Å². The highest BCUT2D eigenvalue weighted by atomic mass is 16.6. The van der Waals surface area contributed by atoms with Crippen LogP contribution in [0.5, 0.6) is 0 Å². The fourth-order valence-electron chi connectivity index (χ4n) is 2.43. The summed E-state index contributed by atoms with van der Waals surface area (Å²) >= 11 is 0. The molecule has 7 heteroatoms. The maximum atomic E-state index is 12.0. The summed E-state index contributed by atoms with van der Waals surface area (Å²) in [4.78, 5) is 13.8. The molecule has 0 radical (unpaired) electrons. The summed E-state index contributed by atoms with van der Waals surface area (Å²) in [6.07, 6.45) is 3.51. The van der Waals surface area contributed by atoms with E-state index in [1.54, 1.807) is 9.58 Å². The van der Waals surface area contributed by atoms with E-state index in [2.05, 4.69) is 10.3 Å². The molecule has 0 saturated carbocycles. The third-order valence-corrected chi connectivity index (χ3v) is 3.48. The highest BCUT2D eigenvalue weighted by Crippen LogP contribution is 2.27. The number of amides is 1. The van der Waals surface area contributed by atoms with Crippen LogP contribution in [0.4, 0.5) is 4.79 Å². The van der Waals surface area contributed by atoms with Crippen LogP contribution in [0, 0.1) is 0 Å². The van der Waals surface area contributed by atoms with Crippen LogP contribution in [0.1, 0.15) is 45.2 Å². The third kappa shape index (κ3) is 4.42. The zero-order valence-electron chi connectivity index (χ0n) is 13.1. The lowest BCUT2D eigenvalue weighted by molar-refractivity contribution is 0.0204. The van der Waals surface area contributed by atoms with Gasteiger partial charge in [0, 0.05) is 31.7 Å². The van der Waals surface area contributed by atoms with Crippen molar-refractivity contribution in [2.45, 2.75) is 51.7 Å². The molecule has 2 heterocycles. The maximum absolute atomic E-state index is 12.0. The van der Waals surface area contributed by atoms with Crippen molar-refractivity contribution in [2.24, 2.45) is 5.73 Å². The van der Waals surface area contributed by atoms with Crippen molar-refractivity contribution in [3.05, 3.63) is 11.9 Å². The highest BCUT2D eigenvalue weighted by molar-refractivity contribution is 5.68. The number of hydrogen-bond donors (Lipinski definition) is 1. The minimum Gasteiger partial charge on any atom is -0.444 e. The predicted molar refractivity (Wildman–Crippen MR) is 78.9 cm³/mol. The molecule has 0 aliphatic carbocycles. The molecule has 21 heavy (non-hydrogen) atoms. The molecule has 1 aromatic rings. The summed E-state index contributed by atoms with van der Waals surface area (Å²) in [5, 5.41) is 8.28. The second-order valence-electron chi connectivity index (χ2n) is 6.44. The van der Waals surface area contributed by atoms with Gasteiger partial charge in [0.1, 0.15) is 5.60 Å². The van der Waals surface area contributed by atoms with Crippen molar-refractivity contribution in [2.75, 3.05) is 19.6 Å². The normalized spacial score (nSPS) is 17.0. The fourth-order valence-corrected chi connectivity index (χ4v) is 2.43. The number of carbonyl (C=O) groups excluding carboxylic acids is 1. The molecule has 1 fully saturated rings. The lowest BCUT2D eigenvalue weighted by Crippen LogP contribution is -2.41. The molecule has 0 bridgehead atoms. The van der Waals surface area contributed by atoms with Gasteiger partial charge in [0.15, 0.2) is 0 Å². The predicted octanol–water partition coefficient (Wildman–Crippen LogP) is 1.35. The fraction of sp³-hybridized carbons (Fsp3) is 0.786. The lowest BCUT2D eigenvalue weighted by Gasteiger charge is -2.32. The smallest absolute Gasteiger partial charge is 0.410 e. The van der Waals surface area contributed by atoms with Gasteiger partial charge in [-0.05, 0) is 33.6 Å². The van der Waals surface area contributed by atoms with Gasteiger partial charge < -0.3 is 15.4 Å². The molecule has 0 aromatic carbocycles. The first-order valence-electron chi connectivity index (χ1n) is 7.47. The number of hydrogen-bond acceptors (Lipinski definition) is 5. The van der Waals surface area contributed by atoms with E-state index in [0.717, 1.165) is 18.5 Å². The van der Waals surface area contributed by atoms with Crippen LogP contribution in [0.15, 0.2) is 6.20 Å². The number of nitrogens with zero attached hydrogens (tertiary/aromatic N) is 4. The van der Waals surface area contributed by atoms with Crippen molar-refractivity contribution >= 4 is 6.09 Å². The van der Waals surface area contributed by atoms with Gasteiger partial charge >= 0.3 is 6.09 Å². The zero-order valence-corrected chi connectivity index (χ0v) is 13.1. The van der Waals surface area contributed by atoms with Crippen LogP contribution in [-0.2, 0) is 11.3 Å². The SMILES string of the molecule is CC(C)(C)OC(=O)N1CCC(c2cn(CCN)nn2)CC1. The Hall–Kier alpha value is -1.63. The second kappa shape index (κ2) is 6.43.